The maximum absolute atomic E-state index is 13.2. The first-order chi connectivity index (χ1) is 17.9. The molecular formula is C26H28ClN3O6S. The molecule has 0 spiro atoms. The molecule has 1 amide bonds. The summed E-state index contributed by atoms with van der Waals surface area (Å²) in [5.41, 5.74) is 0.371. The monoisotopic (exact) mass is 545 g/mol. The van der Waals surface area contributed by atoms with E-state index in [9.17, 15) is 24.9 Å². The van der Waals surface area contributed by atoms with E-state index in [1.54, 1.807) is 47.0 Å². The van der Waals surface area contributed by atoms with E-state index >= 15 is 0 Å². The number of amides is 1. The Labute approximate surface area is 221 Å². The van der Waals surface area contributed by atoms with E-state index in [1.165, 1.54) is 23.8 Å². The number of nitrogens with zero attached hydrogens (tertiary/aromatic N) is 1. The summed E-state index contributed by atoms with van der Waals surface area (Å²) < 4.78 is 6.83. The molecule has 0 saturated carbocycles. The van der Waals surface area contributed by atoms with Crippen LogP contribution in [0.4, 0.5) is 0 Å². The van der Waals surface area contributed by atoms with E-state index in [0.717, 1.165) is 10.4 Å². The number of furan rings is 1. The van der Waals surface area contributed by atoms with Gasteiger partial charge < -0.3 is 34.9 Å². The molecule has 2 atom stereocenters. The fraction of sp³-hybridized carbons (Fsp3) is 0.308. The third kappa shape index (κ3) is 6.86. The molecule has 9 nitrogen and oxygen atoms in total. The number of benzene rings is 1. The van der Waals surface area contributed by atoms with E-state index < -0.39 is 30.2 Å². The van der Waals surface area contributed by atoms with Crippen molar-refractivity contribution in [1.29, 1.82) is 0 Å². The van der Waals surface area contributed by atoms with Crippen LogP contribution in [-0.4, -0.2) is 45.0 Å². The third-order valence-electron chi connectivity index (χ3n) is 5.79. The van der Waals surface area contributed by atoms with Crippen molar-refractivity contribution in [3.05, 3.63) is 91.9 Å². The van der Waals surface area contributed by atoms with Crippen LogP contribution in [0.3, 0.4) is 0 Å². The highest BCUT2D eigenvalue weighted by Gasteiger charge is 2.19. The molecule has 0 radical (unpaired) electrons. The molecule has 0 fully saturated rings. The van der Waals surface area contributed by atoms with Crippen LogP contribution in [0.2, 0.25) is 5.02 Å². The molecule has 1 aromatic carbocycles. The second-order valence-corrected chi connectivity index (χ2v) is 10.1. The van der Waals surface area contributed by atoms with Gasteiger partial charge in [0.15, 0.2) is 0 Å². The van der Waals surface area contributed by atoms with Crippen molar-refractivity contribution >= 4 is 39.1 Å². The third-order valence-corrected chi connectivity index (χ3v) is 7.22. The minimum atomic E-state index is -1.05. The first-order valence-corrected chi connectivity index (χ1v) is 12.9. The molecule has 11 heteroatoms. The summed E-state index contributed by atoms with van der Waals surface area (Å²) >= 11 is 7.27. The Bertz CT molecular complexity index is 1380. The molecule has 0 bridgehead atoms. The molecule has 4 rings (SSSR count). The SMILES string of the molecule is O=C(NCc1ccc(Cl)cc1)c1cn(CC(O)CO)c2sc(CNCC[C@@H](O)c3ccco3)cc2c1=O. The Kier molecular flexibility index (Phi) is 9.14. The van der Waals surface area contributed by atoms with Crippen LogP contribution in [0.15, 0.2) is 64.1 Å². The Morgan fingerprint density at radius 2 is 1.95 bits per heavy atom. The number of aliphatic hydroxyl groups excluding tert-OH is 3. The number of aliphatic hydroxyl groups is 3. The van der Waals surface area contributed by atoms with Crippen molar-refractivity contribution in [1.82, 2.24) is 15.2 Å². The predicted molar refractivity (Wildman–Crippen MR) is 142 cm³/mol. The minimum absolute atomic E-state index is 0.0213. The number of carbonyl (C=O) groups is 1. The molecule has 0 aliphatic carbocycles. The van der Waals surface area contributed by atoms with E-state index in [4.69, 9.17) is 16.0 Å². The van der Waals surface area contributed by atoms with Gasteiger partial charge in [-0.25, -0.2) is 0 Å². The molecule has 5 N–H and O–H groups in total. The lowest BCUT2D eigenvalue weighted by molar-refractivity contribution is 0.0819. The van der Waals surface area contributed by atoms with Gasteiger partial charge in [0.1, 0.15) is 22.3 Å². The summed E-state index contributed by atoms with van der Waals surface area (Å²) in [5.74, 6) is -0.0307. The highest BCUT2D eigenvalue weighted by atomic mass is 35.5. The summed E-state index contributed by atoms with van der Waals surface area (Å²) in [6, 6.07) is 12.2. The largest absolute Gasteiger partial charge is 0.467 e. The van der Waals surface area contributed by atoms with Gasteiger partial charge in [-0.2, -0.15) is 0 Å². The van der Waals surface area contributed by atoms with Gasteiger partial charge in [0.25, 0.3) is 5.91 Å². The van der Waals surface area contributed by atoms with Crippen molar-refractivity contribution in [3.8, 4) is 0 Å². The molecule has 0 aliphatic heterocycles. The van der Waals surface area contributed by atoms with Crippen LogP contribution in [0.5, 0.6) is 0 Å². The number of rotatable bonds is 12. The molecule has 37 heavy (non-hydrogen) atoms. The van der Waals surface area contributed by atoms with Gasteiger partial charge >= 0.3 is 0 Å². The summed E-state index contributed by atoms with van der Waals surface area (Å²) in [4.78, 5) is 27.6. The normalized spacial score (nSPS) is 13.1. The zero-order chi connectivity index (χ0) is 26.4. The van der Waals surface area contributed by atoms with Gasteiger partial charge in [-0.05, 0) is 48.9 Å². The quantitative estimate of drug-likeness (QED) is 0.173. The van der Waals surface area contributed by atoms with Gasteiger partial charge in [0.05, 0.1) is 30.9 Å². The van der Waals surface area contributed by atoms with Crippen molar-refractivity contribution in [2.75, 3.05) is 13.2 Å². The Balaban J connectivity index is 1.50. The first-order valence-electron chi connectivity index (χ1n) is 11.7. The van der Waals surface area contributed by atoms with Gasteiger partial charge in [-0.3, -0.25) is 9.59 Å². The standard InChI is InChI=1S/C26H28ClN3O6S/c27-17-5-3-16(4-6-17)11-29-25(35)21-14-30(13-18(32)15-31)26-20(24(21)34)10-19(37-26)12-28-8-7-22(33)23-2-1-9-36-23/h1-6,9-10,14,18,22,28,31-33H,7-8,11-13,15H2,(H,29,35)/t18?,22-/m1/s1. The predicted octanol–water partition coefficient (Wildman–Crippen LogP) is 2.81. The zero-order valence-electron chi connectivity index (χ0n) is 19.9. The maximum atomic E-state index is 13.2. The van der Waals surface area contributed by atoms with Crippen LogP contribution < -0.4 is 16.1 Å². The fourth-order valence-corrected chi connectivity index (χ4v) is 5.08. The van der Waals surface area contributed by atoms with Gasteiger partial charge in [0.2, 0.25) is 5.43 Å². The minimum Gasteiger partial charge on any atom is -0.467 e. The van der Waals surface area contributed by atoms with Crippen LogP contribution in [0.25, 0.3) is 10.2 Å². The molecule has 4 aromatic rings. The van der Waals surface area contributed by atoms with Crippen molar-refractivity contribution in [2.24, 2.45) is 0 Å². The van der Waals surface area contributed by atoms with Crippen LogP contribution in [0.1, 0.15) is 39.1 Å². The van der Waals surface area contributed by atoms with E-state index in [0.29, 0.717) is 40.5 Å². The van der Waals surface area contributed by atoms with E-state index in [2.05, 4.69) is 10.6 Å². The fourth-order valence-electron chi connectivity index (χ4n) is 3.85. The molecule has 0 aliphatic rings. The van der Waals surface area contributed by atoms with Gasteiger partial charge in [0, 0.05) is 29.2 Å². The molecule has 3 aromatic heterocycles. The van der Waals surface area contributed by atoms with Gasteiger partial charge in [-0.1, -0.05) is 23.7 Å². The van der Waals surface area contributed by atoms with E-state index in [-0.39, 0.29) is 18.7 Å². The maximum Gasteiger partial charge on any atom is 0.257 e. The lowest BCUT2D eigenvalue weighted by Crippen LogP contribution is -2.30. The highest BCUT2D eigenvalue weighted by molar-refractivity contribution is 7.18. The number of hydrogen-bond acceptors (Lipinski definition) is 8. The Hall–Kier alpha value is -2.99. The Morgan fingerprint density at radius 1 is 1.16 bits per heavy atom. The summed E-state index contributed by atoms with van der Waals surface area (Å²) in [6.07, 6.45) is 1.62. The number of halogens is 1. The lowest BCUT2D eigenvalue weighted by atomic mass is 10.1. The number of carbonyl (C=O) groups excluding carboxylic acids is 1. The summed E-state index contributed by atoms with van der Waals surface area (Å²) in [6.45, 7) is 0.749. The van der Waals surface area contributed by atoms with Crippen LogP contribution in [0, 0.1) is 0 Å². The second-order valence-electron chi connectivity index (χ2n) is 8.60. The number of hydrogen-bond donors (Lipinski definition) is 5. The number of thiophene rings is 1. The Morgan fingerprint density at radius 3 is 2.65 bits per heavy atom. The van der Waals surface area contributed by atoms with Crippen LogP contribution in [-0.2, 0) is 19.6 Å². The molecular weight excluding hydrogens is 518 g/mol. The summed E-state index contributed by atoms with van der Waals surface area (Å²) in [7, 11) is 0. The van der Waals surface area contributed by atoms with Crippen molar-refractivity contribution in [2.45, 2.75) is 38.3 Å². The summed E-state index contributed by atoms with van der Waals surface area (Å²) in [5, 5.41) is 36.5. The van der Waals surface area contributed by atoms with Crippen LogP contribution >= 0.6 is 22.9 Å². The first kappa shape index (κ1) is 27.1. The second kappa shape index (κ2) is 12.5. The molecule has 196 valence electrons. The number of nitrogens with one attached hydrogen (secondary N) is 2. The van der Waals surface area contributed by atoms with Gasteiger partial charge in [-0.15, -0.1) is 11.3 Å². The average molecular weight is 546 g/mol. The number of aromatic nitrogens is 1. The number of pyridine rings is 1. The molecule has 1 unspecified atom stereocenters. The smallest absolute Gasteiger partial charge is 0.257 e. The topological polar surface area (TPSA) is 137 Å². The number of fused-ring (bicyclic) bond motifs is 1. The van der Waals surface area contributed by atoms with Crippen molar-refractivity contribution < 1.29 is 24.5 Å². The van der Waals surface area contributed by atoms with Crippen molar-refractivity contribution in [3.63, 3.8) is 0 Å². The average Bonchev–Trinajstić information content (AvgIpc) is 3.58. The molecule has 3 heterocycles. The molecule has 0 saturated heterocycles. The lowest BCUT2D eigenvalue weighted by Gasteiger charge is -2.14. The zero-order valence-corrected chi connectivity index (χ0v) is 21.5. The highest BCUT2D eigenvalue weighted by Crippen LogP contribution is 2.25. The van der Waals surface area contributed by atoms with E-state index in [1.807, 2.05) is 0 Å².